The number of rotatable bonds is 4. The highest BCUT2D eigenvalue weighted by molar-refractivity contribution is 5.63. The molecule has 0 bridgehead atoms. The summed E-state index contributed by atoms with van der Waals surface area (Å²) in [7, 11) is 0. The minimum atomic E-state index is -2.86. The van der Waals surface area contributed by atoms with Crippen molar-refractivity contribution in [2.45, 2.75) is 12.8 Å². The van der Waals surface area contributed by atoms with Gasteiger partial charge in [0, 0.05) is 24.4 Å². The van der Waals surface area contributed by atoms with Gasteiger partial charge in [0.05, 0.1) is 17.5 Å². The molecule has 22 heavy (non-hydrogen) atoms. The van der Waals surface area contributed by atoms with Crippen LogP contribution in [0.25, 0.3) is 11.1 Å². The van der Waals surface area contributed by atoms with Crippen LogP contribution in [0.4, 0.5) is 13.2 Å². The van der Waals surface area contributed by atoms with E-state index in [0.717, 1.165) is 18.0 Å². The minimum absolute atomic E-state index is 0.441. The summed E-state index contributed by atoms with van der Waals surface area (Å²) in [5, 5.41) is 7.85. The van der Waals surface area contributed by atoms with Gasteiger partial charge in [-0.05, 0) is 23.8 Å². The van der Waals surface area contributed by atoms with E-state index in [4.69, 9.17) is 0 Å². The Labute approximate surface area is 124 Å². The van der Waals surface area contributed by atoms with Crippen molar-refractivity contribution < 1.29 is 13.2 Å². The van der Waals surface area contributed by atoms with Crippen LogP contribution in [0.5, 0.6) is 0 Å². The first-order valence-corrected chi connectivity index (χ1v) is 6.51. The number of aromatic amines is 1. The topological polar surface area (TPSA) is 54.5 Å². The highest BCUT2D eigenvalue weighted by atomic mass is 19.3. The van der Waals surface area contributed by atoms with Crippen molar-refractivity contribution in [2.24, 2.45) is 0 Å². The fraction of sp³-hybridized carbons (Fsp3) is 0.133. The van der Waals surface area contributed by atoms with Gasteiger partial charge in [-0.15, -0.1) is 0 Å². The Balaban J connectivity index is 1.93. The molecule has 0 atom stereocenters. The summed E-state index contributed by atoms with van der Waals surface area (Å²) in [6.45, 7) is 0. The molecule has 1 aromatic carbocycles. The minimum Gasteiger partial charge on any atom is -0.348 e. The number of hydrogen-bond acceptors (Lipinski definition) is 3. The second kappa shape index (κ2) is 5.97. The predicted molar refractivity (Wildman–Crippen MR) is 73.8 cm³/mol. The molecule has 4 nitrogen and oxygen atoms in total. The van der Waals surface area contributed by atoms with E-state index in [1.165, 1.54) is 12.3 Å². The summed E-state index contributed by atoms with van der Waals surface area (Å²) >= 11 is 0. The SMILES string of the molecule is Fc1ccc(-c2cnnc(Cc3ncc[nH]3)c2)cc1C(F)F. The molecule has 0 fully saturated rings. The van der Waals surface area contributed by atoms with Gasteiger partial charge >= 0.3 is 0 Å². The summed E-state index contributed by atoms with van der Waals surface area (Å²) in [5.41, 5.74) is 1.07. The number of halogens is 3. The zero-order valence-corrected chi connectivity index (χ0v) is 11.3. The van der Waals surface area contributed by atoms with Crippen molar-refractivity contribution >= 4 is 0 Å². The number of nitrogens with one attached hydrogen (secondary N) is 1. The maximum atomic E-state index is 13.3. The highest BCUT2D eigenvalue weighted by Crippen LogP contribution is 2.28. The molecule has 0 saturated carbocycles. The molecule has 1 N–H and O–H groups in total. The second-order valence-corrected chi connectivity index (χ2v) is 4.69. The summed E-state index contributed by atoms with van der Waals surface area (Å²) in [4.78, 5) is 7.04. The van der Waals surface area contributed by atoms with Gasteiger partial charge in [0.2, 0.25) is 0 Å². The number of hydrogen-bond donors (Lipinski definition) is 1. The van der Waals surface area contributed by atoms with Gasteiger partial charge in [0.1, 0.15) is 11.6 Å². The molecule has 0 radical (unpaired) electrons. The Morgan fingerprint density at radius 1 is 1.14 bits per heavy atom. The zero-order valence-electron chi connectivity index (χ0n) is 11.3. The predicted octanol–water partition coefficient (Wildman–Crippen LogP) is 3.53. The standard InChI is InChI=1S/C15H11F3N4/c16-13-2-1-9(6-12(13)15(17)18)10-5-11(22-21-8-10)7-14-19-3-4-20-14/h1-6,8,15H,7H2,(H,19,20). The maximum Gasteiger partial charge on any atom is 0.266 e. The Bertz CT molecular complexity index is 772. The summed E-state index contributed by atoms with van der Waals surface area (Å²) in [5.74, 6) is -0.199. The molecule has 7 heteroatoms. The number of imidazole rings is 1. The Kier molecular flexibility index (Phi) is 3.86. The molecular weight excluding hydrogens is 293 g/mol. The van der Waals surface area contributed by atoms with Crippen LogP contribution in [0.15, 0.2) is 42.9 Å². The van der Waals surface area contributed by atoms with E-state index in [1.54, 1.807) is 18.5 Å². The van der Waals surface area contributed by atoms with Crippen LogP contribution in [0.3, 0.4) is 0 Å². The molecule has 0 spiro atoms. The lowest BCUT2D eigenvalue weighted by atomic mass is 10.0. The van der Waals surface area contributed by atoms with E-state index in [1.807, 2.05) is 0 Å². The summed E-state index contributed by atoms with van der Waals surface area (Å²) < 4.78 is 38.9. The third kappa shape index (κ3) is 2.98. The third-order valence-corrected chi connectivity index (χ3v) is 3.17. The number of nitrogens with zero attached hydrogens (tertiary/aromatic N) is 3. The molecule has 0 aliphatic carbocycles. The lowest BCUT2D eigenvalue weighted by Crippen LogP contribution is -1.98. The smallest absolute Gasteiger partial charge is 0.266 e. The van der Waals surface area contributed by atoms with E-state index < -0.39 is 17.8 Å². The Morgan fingerprint density at radius 3 is 2.73 bits per heavy atom. The molecule has 0 aliphatic rings. The van der Waals surface area contributed by atoms with Gasteiger partial charge in [-0.3, -0.25) is 0 Å². The van der Waals surface area contributed by atoms with E-state index in [0.29, 0.717) is 23.2 Å². The van der Waals surface area contributed by atoms with Crippen LogP contribution in [0.2, 0.25) is 0 Å². The molecule has 0 saturated heterocycles. The van der Waals surface area contributed by atoms with Crippen molar-refractivity contribution in [1.82, 2.24) is 20.2 Å². The van der Waals surface area contributed by atoms with Crippen molar-refractivity contribution in [3.05, 3.63) is 65.8 Å². The molecule has 0 unspecified atom stereocenters. The normalized spacial score (nSPS) is 11.1. The summed E-state index contributed by atoms with van der Waals surface area (Å²) in [6.07, 6.45) is 2.35. The van der Waals surface area contributed by atoms with Crippen LogP contribution >= 0.6 is 0 Å². The maximum absolute atomic E-state index is 13.3. The molecular formula is C15H11F3N4. The Hall–Kier alpha value is -2.70. The van der Waals surface area contributed by atoms with E-state index >= 15 is 0 Å². The van der Waals surface area contributed by atoms with Crippen molar-refractivity contribution in [3.8, 4) is 11.1 Å². The highest BCUT2D eigenvalue weighted by Gasteiger charge is 2.14. The molecule has 2 heterocycles. The Morgan fingerprint density at radius 2 is 2.00 bits per heavy atom. The van der Waals surface area contributed by atoms with Crippen LogP contribution in [0, 0.1) is 5.82 Å². The fourth-order valence-corrected chi connectivity index (χ4v) is 2.11. The van der Waals surface area contributed by atoms with Gasteiger partial charge in [0.15, 0.2) is 0 Å². The van der Waals surface area contributed by atoms with E-state index in [2.05, 4.69) is 20.2 Å². The first-order valence-electron chi connectivity index (χ1n) is 6.51. The number of benzene rings is 1. The molecule has 112 valence electrons. The van der Waals surface area contributed by atoms with Crippen LogP contribution in [-0.4, -0.2) is 20.2 Å². The molecule has 3 aromatic rings. The van der Waals surface area contributed by atoms with Crippen LogP contribution in [-0.2, 0) is 6.42 Å². The summed E-state index contributed by atoms with van der Waals surface area (Å²) in [6, 6.07) is 5.32. The molecule has 0 aliphatic heterocycles. The average Bonchev–Trinajstić information content (AvgIpc) is 3.00. The van der Waals surface area contributed by atoms with E-state index in [-0.39, 0.29) is 0 Å². The van der Waals surface area contributed by atoms with Gasteiger partial charge < -0.3 is 4.98 Å². The average molecular weight is 304 g/mol. The fourth-order valence-electron chi connectivity index (χ4n) is 2.11. The van der Waals surface area contributed by atoms with Crippen LogP contribution in [0.1, 0.15) is 23.5 Å². The van der Waals surface area contributed by atoms with E-state index in [9.17, 15) is 13.2 Å². The lowest BCUT2D eigenvalue weighted by molar-refractivity contribution is 0.146. The molecule has 2 aromatic heterocycles. The molecule has 0 amide bonds. The van der Waals surface area contributed by atoms with Gasteiger partial charge in [-0.1, -0.05) is 6.07 Å². The number of H-pyrrole nitrogens is 1. The van der Waals surface area contributed by atoms with Crippen LogP contribution < -0.4 is 0 Å². The number of aromatic nitrogens is 4. The third-order valence-electron chi connectivity index (χ3n) is 3.17. The molecule has 3 rings (SSSR count). The van der Waals surface area contributed by atoms with Gasteiger partial charge in [-0.2, -0.15) is 10.2 Å². The second-order valence-electron chi connectivity index (χ2n) is 4.69. The van der Waals surface area contributed by atoms with Gasteiger partial charge in [-0.25, -0.2) is 18.2 Å². The first kappa shape index (κ1) is 14.2. The quantitative estimate of drug-likeness (QED) is 0.802. The van der Waals surface area contributed by atoms with Crippen molar-refractivity contribution in [2.75, 3.05) is 0 Å². The monoisotopic (exact) mass is 304 g/mol. The number of alkyl halides is 2. The zero-order chi connectivity index (χ0) is 15.5. The van der Waals surface area contributed by atoms with Gasteiger partial charge in [0.25, 0.3) is 6.43 Å². The lowest BCUT2D eigenvalue weighted by Gasteiger charge is -2.07. The van der Waals surface area contributed by atoms with Crippen molar-refractivity contribution in [1.29, 1.82) is 0 Å². The van der Waals surface area contributed by atoms with Crippen molar-refractivity contribution in [3.63, 3.8) is 0 Å². The largest absolute Gasteiger partial charge is 0.348 e. The first-order chi connectivity index (χ1) is 10.6.